The quantitative estimate of drug-likeness (QED) is 0.621. The molecular formula is C18H27Cl2N. The van der Waals surface area contributed by atoms with Crippen LogP contribution < -0.4 is 5.32 Å². The zero-order valence-corrected chi connectivity index (χ0v) is 14.9. The van der Waals surface area contributed by atoms with E-state index in [4.69, 9.17) is 23.2 Å². The number of benzene rings is 1. The molecule has 0 atom stereocenters. The minimum atomic E-state index is 0.232. The maximum absolute atomic E-state index is 6.25. The molecule has 118 valence electrons. The third-order valence-corrected chi connectivity index (χ3v) is 6.09. The topological polar surface area (TPSA) is 12.0 Å². The molecule has 0 radical (unpaired) electrons. The summed E-state index contributed by atoms with van der Waals surface area (Å²) in [6.07, 6.45) is 6.20. The van der Waals surface area contributed by atoms with Crippen LogP contribution in [0.4, 0.5) is 0 Å². The summed E-state index contributed by atoms with van der Waals surface area (Å²) in [5.41, 5.74) is 2.09. The summed E-state index contributed by atoms with van der Waals surface area (Å²) in [5.74, 6) is 0. The highest BCUT2D eigenvalue weighted by molar-refractivity contribution is 6.42. The number of rotatable bonds is 7. The Labute approximate surface area is 139 Å². The van der Waals surface area contributed by atoms with Gasteiger partial charge in [0.05, 0.1) is 10.0 Å². The first kappa shape index (κ1) is 17.1. The van der Waals surface area contributed by atoms with Crippen molar-refractivity contribution in [1.82, 2.24) is 5.32 Å². The van der Waals surface area contributed by atoms with Crippen LogP contribution in [-0.2, 0) is 5.41 Å². The lowest BCUT2D eigenvalue weighted by Crippen LogP contribution is -2.54. The zero-order valence-electron chi connectivity index (χ0n) is 13.4. The Balaban J connectivity index is 2.23. The van der Waals surface area contributed by atoms with Gasteiger partial charge in [-0.25, -0.2) is 0 Å². The van der Waals surface area contributed by atoms with Crippen LogP contribution in [0.2, 0.25) is 10.0 Å². The summed E-state index contributed by atoms with van der Waals surface area (Å²) in [7, 11) is 0. The Morgan fingerprint density at radius 3 is 2.24 bits per heavy atom. The van der Waals surface area contributed by atoms with Crippen molar-refractivity contribution in [3.8, 4) is 0 Å². The molecular weight excluding hydrogens is 301 g/mol. The second-order valence-electron chi connectivity index (χ2n) is 6.65. The van der Waals surface area contributed by atoms with E-state index >= 15 is 0 Å². The number of hydrogen-bond donors (Lipinski definition) is 1. The largest absolute Gasteiger partial charge is 0.316 e. The molecule has 1 saturated carbocycles. The molecule has 0 spiro atoms. The fourth-order valence-electron chi connectivity index (χ4n) is 3.90. The van der Waals surface area contributed by atoms with Crippen LogP contribution in [-0.4, -0.2) is 13.1 Å². The van der Waals surface area contributed by atoms with E-state index in [1.807, 2.05) is 6.07 Å². The van der Waals surface area contributed by atoms with E-state index in [2.05, 4.69) is 38.2 Å². The van der Waals surface area contributed by atoms with Crippen LogP contribution in [0.25, 0.3) is 0 Å². The SMILES string of the molecule is CCCNCC1(c2ccc(Cl)c(Cl)c2)CC(CC)(CC)C1. The summed E-state index contributed by atoms with van der Waals surface area (Å²) in [5, 5.41) is 4.94. The standard InChI is InChI=1S/C18H27Cl2N/c1-4-9-21-13-18(11-17(5-2,6-3)12-18)14-7-8-15(19)16(20)10-14/h7-8,10,21H,4-6,9,11-13H2,1-3H3. The van der Waals surface area contributed by atoms with Gasteiger partial charge in [-0.05, 0) is 48.9 Å². The first-order chi connectivity index (χ1) is 10.0. The molecule has 0 unspecified atom stereocenters. The smallest absolute Gasteiger partial charge is 0.0595 e. The van der Waals surface area contributed by atoms with Crippen LogP contribution in [0.3, 0.4) is 0 Å². The lowest BCUT2D eigenvalue weighted by atomic mass is 9.48. The van der Waals surface area contributed by atoms with Crippen LogP contribution >= 0.6 is 23.2 Å². The molecule has 1 aliphatic rings. The monoisotopic (exact) mass is 327 g/mol. The van der Waals surface area contributed by atoms with Gasteiger partial charge in [-0.15, -0.1) is 0 Å². The summed E-state index contributed by atoms with van der Waals surface area (Å²) >= 11 is 12.3. The molecule has 1 aliphatic carbocycles. The minimum Gasteiger partial charge on any atom is -0.316 e. The summed E-state index contributed by atoms with van der Waals surface area (Å²) in [6, 6.07) is 6.18. The Morgan fingerprint density at radius 2 is 1.71 bits per heavy atom. The van der Waals surface area contributed by atoms with Crippen LogP contribution in [0.1, 0.15) is 58.4 Å². The van der Waals surface area contributed by atoms with Gasteiger partial charge in [-0.1, -0.05) is 62.9 Å². The molecule has 2 rings (SSSR count). The first-order valence-electron chi connectivity index (χ1n) is 8.17. The normalized spacial score (nSPS) is 19.3. The third kappa shape index (κ3) is 3.41. The van der Waals surface area contributed by atoms with Crippen molar-refractivity contribution in [3.05, 3.63) is 33.8 Å². The average molecular weight is 328 g/mol. The Bertz CT molecular complexity index is 472. The average Bonchev–Trinajstić information content (AvgIpc) is 2.45. The van der Waals surface area contributed by atoms with E-state index in [0.29, 0.717) is 15.5 Å². The van der Waals surface area contributed by atoms with Crippen molar-refractivity contribution in [3.63, 3.8) is 0 Å². The maximum Gasteiger partial charge on any atom is 0.0595 e. The highest BCUT2D eigenvalue weighted by Gasteiger charge is 2.52. The first-order valence-corrected chi connectivity index (χ1v) is 8.93. The van der Waals surface area contributed by atoms with Crippen molar-refractivity contribution in [2.24, 2.45) is 5.41 Å². The minimum absolute atomic E-state index is 0.232. The second-order valence-corrected chi connectivity index (χ2v) is 7.46. The van der Waals surface area contributed by atoms with E-state index in [-0.39, 0.29) is 5.41 Å². The van der Waals surface area contributed by atoms with Gasteiger partial charge < -0.3 is 5.32 Å². The lowest BCUT2D eigenvalue weighted by Gasteiger charge is -2.57. The molecule has 0 aliphatic heterocycles. The highest BCUT2D eigenvalue weighted by Crippen LogP contribution is 2.59. The van der Waals surface area contributed by atoms with Gasteiger partial charge in [0.1, 0.15) is 0 Å². The molecule has 21 heavy (non-hydrogen) atoms. The van der Waals surface area contributed by atoms with Gasteiger partial charge in [0, 0.05) is 12.0 Å². The van der Waals surface area contributed by atoms with Gasteiger partial charge in [0.25, 0.3) is 0 Å². The van der Waals surface area contributed by atoms with Gasteiger partial charge in [0.2, 0.25) is 0 Å². The third-order valence-electron chi connectivity index (χ3n) is 5.35. The molecule has 0 aromatic heterocycles. The molecule has 1 nitrogen and oxygen atoms in total. The number of halogens is 2. The zero-order chi connectivity index (χ0) is 15.5. The maximum atomic E-state index is 6.25. The Hall–Kier alpha value is -0.240. The summed E-state index contributed by atoms with van der Waals surface area (Å²) in [4.78, 5) is 0. The van der Waals surface area contributed by atoms with Crippen molar-refractivity contribution in [2.75, 3.05) is 13.1 Å². The fraction of sp³-hybridized carbons (Fsp3) is 0.667. The Morgan fingerprint density at radius 1 is 1.05 bits per heavy atom. The van der Waals surface area contributed by atoms with Crippen LogP contribution in [0.15, 0.2) is 18.2 Å². The molecule has 0 amide bonds. The van der Waals surface area contributed by atoms with Gasteiger partial charge >= 0.3 is 0 Å². The molecule has 1 fully saturated rings. The van der Waals surface area contributed by atoms with E-state index in [1.54, 1.807) is 0 Å². The van der Waals surface area contributed by atoms with Crippen molar-refractivity contribution in [2.45, 2.75) is 58.3 Å². The van der Waals surface area contributed by atoms with E-state index in [9.17, 15) is 0 Å². The molecule has 1 N–H and O–H groups in total. The van der Waals surface area contributed by atoms with Gasteiger partial charge in [-0.2, -0.15) is 0 Å². The number of hydrogen-bond acceptors (Lipinski definition) is 1. The van der Waals surface area contributed by atoms with Gasteiger partial charge in [-0.3, -0.25) is 0 Å². The predicted octanol–water partition coefficient (Wildman–Crippen LogP) is 5.83. The summed E-state index contributed by atoms with van der Waals surface area (Å²) in [6.45, 7) is 8.97. The Kier molecular flexibility index (Phi) is 5.62. The van der Waals surface area contributed by atoms with Gasteiger partial charge in [0.15, 0.2) is 0 Å². The molecule has 1 aromatic rings. The molecule has 1 aromatic carbocycles. The van der Waals surface area contributed by atoms with Crippen LogP contribution in [0.5, 0.6) is 0 Å². The lowest BCUT2D eigenvalue weighted by molar-refractivity contribution is 0.0130. The molecule has 0 bridgehead atoms. The number of nitrogens with one attached hydrogen (secondary N) is 1. The van der Waals surface area contributed by atoms with E-state index in [1.165, 1.54) is 37.7 Å². The van der Waals surface area contributed by atoms with E-state index < -0.39 is 0 Å². The molecule has 0 heterocycles. The van der Waals surface area contributed by atoms with E-state index in [0.717, 1.165) is 13.1 Å². The molecule has 0 saturated heterocycles. The second kappa shape index (κ2) is 6.89. The van der Waals surface area contributed by atoms with Crippen LogP contribution in [0, 0.1) is 5.41 Å². The summed E-state index contributed by atoms with van der Waals surface area (Å²) < 4.78 is 0. The predicted molar refractivity (Wildman–Crippen MR) is 93.5 cm³/mol. The fourth-order valence-corrected chi connectivity index (χ4v) is 4.19. The van der Waals surface area contributed by atoms with Crippen molar-refractivity contribution < 1.29 is 0 Å². The molecule has 3 heteroatoms. The van der Waals surface area contributed by atoms with Crippen molar-refractivity contribution in [1.29, 1.82) is 0 Å². The highest BCUT2D eigenvalue weighted by atomic mass is 35.5. The van der Waals surface area contributed by atoms with Crippen molar-refractivity contribution >= 4 is 23.2 Å².